The zero-order chi connectivity index (χ0) is 15.4. The maximum absolute atomic E-state index is 11.1. The van der Waals surface area contributed by atoms with E-state index in [1.807, 2.05) is 12.3 Å². The first kappa shape index (κ1) is 15.5. The maximum Gasteiger partial charge on any atom is 0.248 e. The first-order valence-electron chi connectivity index (χ1n) is 6.89. The monoisotopic (exact) mass is 304 g/mol. The molecule has 1 aromatic carbocycles. The minimum absolute atomic E-state index is 0.0850. The van der Waals surface area contributed by atoms with Crippen LogP contribution < -0.4 is 16.2 Å². The molecule has 4 N–H and O–H groups in total. The van der Waals surface area contributed by atoms with Crippen LogP contribution in [0.3, 0.4) is 0 Å². The lowest BCUT2D eigenvalue weighted by Crippen LogP contribution is -2.31. The molecular formula is C16H20N2O2S. The van der Waals surface area contributed by atoms with Gasteiger partial charge in [0.05, 0.1) is 0 Å². The summed E-state index contributed by atoms with van der Waals surface area (Å²) in [6.07, 6.45) is 0.635. The van der Waals surface area contributed by atoms with Crippen molar-refractivity contribution >= 4 is 17.2 Å². The summed E-state index contributed by atoms with van der Waals surface area (Å²) in [6.45, 7) is 4.10. The Hall–Kier alpha value is -1.85. The molecule has 1 aromatic heterocycles. The first-order valence-corrected chi connectivity index (χ1v) is 7.77. The van der Waals surface area contributed by atoms with Crippen molar-refractivity contribution in [1.82, 2.24) is 0 Å². The summed E-state index contributed by atoms with van der Waals surface area (Å²) in [6, 6.07) is 8.80. The van der Waals surface area contributed by atoms with Crippen molar-refractivity contribution in [3.05, 3.63) is 51.7 Å². The molecule has 1 heterocycles. The molecule has 1 amide bonds. The van der Waals surface area contributed by atoms with Crippen LogP contribution >= 0.6 is 11.3 Å². The number of ether oxygens (including phenoxy) is 1. The van der Waals surface area contributed by atoms with Crippen molar-refractivity contribution < 1.29 is 9.53 Å². The summed E-state index contributed by atoms with van der Waals surface area (Å²) in [4.78, 5) is 12.2. The molecule has 0 aliphatic carbocycles. The van der Waals surface area contributed by atoms with Crippen LogP contribution in [-0.4, -0.2) is 11.9 Å². The molecule has 5 heteroatoms. The number of rotatable bonds is 6. The highest BCUT2D eigenvalue weighted by atomic mass is 32.1. The van der Waals surface area contributed by atoms with E-state index in [2.05, 4.69) is 13.0 Å². The van der Waals surface area contributed by atoms with E-state index in [1.165, 1.54) is 5.56 Å². The summed E-state index contributed by atoms with van der Waals surface area (Å²) in [5.74, 6) is 0.235. The Morgan fingerprint density at radius 2 is 1.95 bits per heavy atom. The molecule has 112 valence electrons. The molecule has 2 atom stereocenters. The number of aryl methyl sites for hydroxylation is 1. The quantitative estimate of drug-likeness (QED) is 0.861. The summed E-state index contributed by atoms with van der Waals surface area (Å²) in [5, 5.41) is 2.04. The first-order chi connectivity index (χ1) is 10.0. The standard InChI is InChI=1S/C16H20N2O2S/c1-3-13(17)14(15-10(2)8-9-21-15)20-12-6-4-11(5-7-12)16(18)19/h4-9,13-14H,3,17H2,1-2H3,(H2,18,19). The van der Waals surface area contributed by atoms with Gasteiger partial charge in [0, 0.05) is 16.5 Å². The maximum atomic E-state index is 11.1. The number of thiophene rings is 1. The minimum Gasteiger partial charge on any atom is -0.483 e. The van der Waals surface area contributed by atoms with Crippen molar-refractivity contribution in [1.29, 1.82) is 0 Å². The topological polar surface area (TPSA) is 78.3 Å². The Bertz CT molecular complexity index is 607. The van der Waals surface area contributed by atoms with Crippen LogP contribution in [0, 0.1) is 6.92 Å². The number of primary amides is 1. The van der Waals surface area contributed by atoms with Crippen molar-refractivity contribution in [3.8, 4) is 5.75 Å². The highest BCUT2D eigenvalue weighted by Gasteiger charge is 2.23. The van der Waals surface area contributed by atoms with E-state index in [4.69, 9.17) is 16.2 Å². The van der Waals surface area contributed by atoms with E-state index < -0.39 is 5.91 Å². The molecular weight excluding hydrogens is 284 g/mol. The zero-order valence-corrected chi connectivity index (χ0v) is 13.0. The van der Waals surface area contributed by atoms with Crippen LogP contribution in [-0.2, 0) is 0 Å². The van der Waals surface area contributed by atoms with E-state index in [0.29, 0.717) is 11.3 Å². The SMILES string of the molecule is CCC(N)C(Oc1ccc(C(N)=O)cc1)c1sccc1C. The van der Waals surface area contributed by atoms with Crippen LogP contribution in [0.2, 0.25) is 0 Å². The number of nitrogens with two attached hydrogens (primary N) is 2. The average Bonchev–Trinajstić information content (AvgIpc) is 2.90. The van der Waals surface area contributed by atoms with Crippen LogP contribution in [0.25, 0.3) is 0 Å². The summed E-state index contributed by atoms with van der Waals surface area (Å²) < 4.78 is 6.06. The molecule has 0 aliphatic heterocycles. The lowest BCUT2D eigenvalue weighted by molar-refractivity contribution is 0.1000. The molecule has 0 bridgehead atoms. The average molecular weight is 304 g/mol. The zero-order valence-electron chi connectivity index (χ0n) is 12.2. The molecule has 2 rings (SSSR count). The molecule has 4 nitrogen and oxygen atoms in total. The molecule has 0 fully saturated rings. The fourth-order valence-electron chi connectivity index (χ4n) is 2.07. The Balaban J connectivity index is 2.23. The van der Waals surface area contributed by atoms with Crippen molar-refractivity contribution in [2.45, 2.75) is 32.4 Å². The largest absolute Gasteiger partial charge is 0.483 e. The van der Waals surface area contributed by atoms with Gasteiger partial charge in [-0.25, -0.2) is 0 Å². The summed E-state index contributed by atoms with van der Waals surface area (Å²) >= 11 is 1.65. The fraction of sp³-hybridized carbons (Fsp3) is 0.312. The van der Waals surface area contributed by atoms with Gasteiger partial charge in [0.2, 0.25) is 5.91 Å². The van der Waals surface area contributed by atoms with E-state index >= 15 is 0 Å². The van der Waals surface area contributed by atoms with Crippen LogP contribution in [0.5, 0.6) is 5.75 Å². The van der Waals surface area contributed by atoms with Crippen LogP contribution in [0.15, 0.2) is 35.7 Å². The normalized spacial score (nSPS) is 13.7. The lowest BCUT2D eigenvalue weighted by Gasteiger charge is -2.24. The second kappa shape index (κ2) is 6.74. The number of hydrogen-bond donors (Lipinski definition) is 2. The number of amides is 1. The van der Waals surface area contributed by atoms with E-state index in [-0.39, 0.29) is 12.1 Å². The third-order valence-corrected chi connectivity index (χ3v) is 4.50. The van der Waals surface area contributed by atoms with Crippen LogP contribution in [0.1, 0.15) is 40.2 Å². The third-order valence-electron chi connectivity index (χ3n) is 3.42. The van der Waals surface area contributed by atoms with Crippen molar-refractivity contribution in [2.24, 2.45) is 11.5 Å². The van der Waals surface area contributed by atoms with Gasteiger partial charge in [-0.05, 0) is 54.6 Å². The molecule has 2 aromatic rings. The van der Waals surface area contributed by atoms with Gasteiger partial charge in [0.25, 0.3) is 0 Å². The van der Waals surface area contributed by atoms with Gasteiger partial charge in [0.15, 0.2) is 0 Å². The number of benzene rings is 1. The molecule has 0 aliphatic rings. The molecule has 0 radical (unpaired) electrons. The molecule has 21 heavy (non-hydrogen) atoms. The Kier molecular flexibility index (Phi) is 4.98. The van der Waals surface area contributed by atoms with E-state index in [0.717, 1.165) is 11.3 Å². The minimum atomic E-state index is -0.447. The van der Waals surface area contributed by atoms with Crippen molar-refractivity contribution in [2.75, 3.05) is 0 Å². The molecule has 0 saturated carbocycles. The summed E-state index contributed by atoms with van der Waals surface area (Å²) in [7, 11) is 0. The van der Waals surface area contributed by atoms with Gasteiger partial charge in [-0.2, -0.15) is 0 Å². The lowest BCUT2D eigenvalue weighted by atomic mass is 10.1. The fourth-order valence-corrected chi connectivity index (χ4v) is 3.10. The summed E-state index contributed by atoms with van der Waals surface area (Å²) in [5.41, 5.74) is 13.1. The van der Waals surface area contributed by atoms with Gasteiger partial charge < -0.3 is 16.2 Å². The Labute approximate surface area is 128 Å². The number of carbonyl (C=O) groups excluding carboxylic acids is 1. The van der Waals surface area contributed by atoms with Crippen molar-refractivity contribution in [3.63, 3.8) is 0 Å². The second-order valence-corrected chi connectivity index (χ2v) is 5.91. The van der Waals surface area contributed by atoms with Gasteiger partial charge >= 0.3 is 0 Å². The number of carbonyl (C=O) groups is 1. The smallest absolute Gasteiger partial charge is 0.248 e. The van der Waals surface area contributed by atoms with Gasteiger partial charge in [-0.3, -0.25) is 4.79 Å². The van der Waals surface area contributed by atoms with E-state index in [1.54, 1.807) is 35.6 Å². The molecule has 0 spiro atoms. The van der Waals surface area contributed by atoms with E-state index in [9.17, 15) is 4.79 Å². The van der Waals surface area contributed by atoms with Gasteiger partial charge in [-0.15, -0.1) is 11.3 Å². The Morgan fingerprint density at radius 1 is 1.29 bits per heavy atom. The van der Waals surface area contributed by atoms with Crippen LogP contribution in [0.4, 0.5) is 0 Å². The highest BCUT2D eigenvalue weighted by Crippen LogP contribution is 2.31. The van der Waals surface area contributed by atoms with Gasteiger partial charge in [-0.1, -0.05) is 6.92 Å². The van der Waals surface area contributed by atoms with Gasteiger partial charge in [0.1, 0.15) is 11.9 Å². The number of hydrogen-bond acceptors (Lipinski definition) is 4. The highest BCUT2D eigenvalue weighted by molar-refractivity contribution is 7.10. The Morgan fingerprint density at radius 3 is 2.43 bits per heavy atom. The molecule has 0 saturated heterocycles. The predicted molar refractivity (Wildman–Crippen MR) is 85.7 cm³/mol. The molecule has 2 unspecified atom stereocenters. The predicted octanol–water partition coefficient (Wildman–Crippen LogP) is 3.01. The second-order valence-electron chi connectivity index (χ2n) is 4.97. The third kappa shape index (κ3) is 3.62.